The predicted octanol–water partition coefficient (Wildman–Crippen LogP) is 3.64. The second-order valence-electron chi connectivity index (χ2n) is 5.95. The number of nitrogens with zero attached hydrogens (tertiary/aromatic N) is 1. The average molecular weight is 275 g/mol. The van der Waals surface area contributed by atoms with Crippen LogP contribution in [0.25, 0.3) is 0 Å². The first kappa shape index (κ1) is 14.9. The minimum atomic E-state index is -0.665. The molecule has 0 saturated heterocycles. The highest BCUT2D eigenvalue weighted by Gasteiger charge is 2.37. The Morgan fingerprint density at radius 1 is 1.35 bits per heavy atom. The van der Waals surface area contributed by atoms with Crippen molar-refractivity contribution in [1.29, 1.82) is 0 Å². The van der Waals surface area contributed by atoms with Crippen molar-refractivity contribution in [3.63, 3.8) is 0 Å². The van der Waals surface area contributed by atoms with Crippen LogP contribution in [0.5, 0.6) is 0 Å². The third-order valence-electron chi connectivity index (χ3n) is 4.75. The number of benzene rings is 1. The summed E-state index contributed by atoms with van der Waals surface area (Å²) in [6.45, 7) is 7.66. The predicted molar refractivity (Wildman–Crippen MR) is 82.4 cm³/mol. The normalized spacial score (nSPS) is 15.1. The third kappa shape index (κ3) is 2.67. The van der Waals surface area contributed by atoms with Gasteiger partial charge in [0.25, 0.3) is 0 Å². The number of carboxylic acid groups (broad SMARTS) is 1. The van der Waals surface area contributed by atoms with Gasteiger partial charge in [-0.3, -0.25) is 4.79 Å². The van der Waals surface area contributed by atoms with Crippen LogP contribution in [0.15, 0.2) is 18.2 Å². The van der Waals surface area contributed by atoms with Gasteiger partial charge in [-0.15, -0.1) is 0 Å². The van der Waals surface area contributed by atoms with Gasteiger partial charge in [0.2, 0.25) is 0 Å². The SMILES string of the molecule is CCC(CC)(CN1CCCc2cc(C)ccc21)C(=O)O. The Morgan fingerprint density at radius 3 is 2.65 bits per heavy atom. The summed E-state index contributed by atoms with van der Waals surface area (Å²) in [5, 5.41) is 9.62. The molecule has 0 amide bonds. The van der Waals surface area contributed by atoms with Crippen LogP contribution < -0.4 is 4.90 Å². The summed E-state index contributed by atoms with van der Waals surface area (Å²) in [7, 11) is 0. The summed E-state index contributed by atoms with van der Waals surface area (Å²) >= 11 is 0. The van der Waals surface area contributed by atoms with Crippen molar-refractivity contribution in [1.82, 2.24) is 0 Å². The van der Waals surface area contributed by atoms with E-state index in [1.807, 2.05) is 13.8 Å². The quantitative estimate of drug-likeness (QED) is 0.892. The molecule has 1 aliphatic rings. The number of carboxylic acids is 1. The zero-order valence-corrected chi connectivity index (χ0v) is 12.8. The van der Waals surface area contributed by atoms with E-state index in [0.29, 0.717) is 19.4 Å². The molecule has 0 atom stereocenters. The second kappa shape index (κ2) is 5.86. The lowest BCUT2D eigenvalue weighted by Crippen LogP contribution is -2.44. The minimum Gasteiger partial charge on any atom is -0.481 e. The smallest absolute Gasteiger partial charge is 0.311 e. The fourth-order valence-corrected chi connectivity index (χ4v) is 3.18. The van der Waals surface area contributed by atoms with Crippen LogP contribution in [0.4, 0.5) is 5.69 Å². The van der Waals surface area contributed by atoms with Gasteiger partial charge in [-0.1, -0.05) is 31.5 Å². The first-order valence-corrected chi connectivity index (χ1v) is 7.60. The number of hydrogen-bond acceptors (Lipinski definition) is 2. The van der Waals surface area contributed by atoms with E-state index in [9.17, 15) is 9.90 Å². The Hall–Kier alpha value is -1.51. The molecule has 1 heterocycles. The fourth-order valence-electron chi connectivity index (χ4n) is 3.18. The van der Waals surface area contributed by atoms with Crippen LogP contribution in [0.2, 0.25) is 0 Å². The number of aryl methyl sites for hydroxylation is 2. The molecular weight excluding hydrogens is 250 g/mol. The lowest BCUT2D eigenvalue weighted by atomic mass is 9.81. The first-order valence-electron chi connectivity index (χ1n) is 7.60. The Bertz CT molecular complexity index is 492. The summed E-state index contributed by atoms with van der Waals surface area (Å²) in [5.74, 6) is -0.665. The molecule has 0 unspecified atom stereocenters. The maximum Gasteiger partial charge on any atom is 0.311 e. The molecule has 1 aromatic rings. The number of rotatable bonds is 5. The number of anilines is 1. The van der Waals surface area contributed by atoms with Gasteiger partial charge >= 0.3 is 5.97 Å². The maximum absolute atomic E-state index is 11.7. The molecule has 3 heteroatoms. The van der Waals surface area contributed by atoms with Crippen LogP contribution in [0.1, 0.15) is 44.2 Å². The van der Waals surface area contributed by atoms with E-state index in [-0.39, 0.29) is 0 Å². The van der Waals surface area contributed by atoms with E-state index in [1.165, 1.54) is 16.8 Å². The first-order chi connectivity index (χ1) is 9.52. The molecule has 0 spiro atoms. The van der Waals surface area contributed by atoms with Crippen LogP contribution in [0.3, 0.4) is 0 Å². The third-order valence-corrected chi connectivity index (χ3v) is 4.75. The molecular formula is C17H25NO2. The molecule has 3 nitrogen and oxygen atoms in total. The van der Waals surface area contributed by atoms with Crippen LogP contribution in [-0.2, 0) is 11.2 Å². The summed E-state index contributed by atoms with van der Waals surface area (Å²) in [5.41, 5.74) is 3.25. The van der Waals surface area contributed by atoms with Gasteiger partial charge in [-0.05, 0) is 44.2 Å². The number of carbonyl (C=O) groups is 1. The van der Waals surface area contributed by atoms with E-state index >= 15 is 0 Å². The van der Waals surface area contributed by atoms with Gasteiger partial charge in [0.05, 0.1) is 5.41 Å². The minimum absolute atomic E-state index is 0.616. The highest BCUT2D eigenvalue weighted by Crippen LogP contribution is 2.34. The Balaban J connectivity index is 2.29. The van der Waals surface area contributed by atoms with Crippen molar-refractivity contribution in [3.8, 4) is 0 Å². The van der Waals surface area contributed by atoms with Gasteiger partial charge in [0.15, 0.2) is 0 Å². The molecule has 0 aliphatic carbocycles. The van der Waals surface area contributed by atoms with E-state index in [0.717, 1.165) is 19.4 Å². The van der Waals surface area contributed by atoms with Crippen molar-refractivity contribution < 1.29 is 9.90 Å². The van der Waals surface area contributed by atoms with E-state index in [2.05, 4.69) is 30.0 Å². The van der Waals surface area contributed by atoms with Crippen LogP contribution in [0, 0.1) is 12.3 Å². The summed E-state index contributed by atoms with van der Waals surface area (Å²) in [4.78, 5) is 14.0. The van der Waals surface area contributed by atoms with E-state index in [4.69, 9.17) is 0 Å². The van der Waals surface area contributed by atoms with Crippen molar-refractivity contribution in [2.75, 3.05) is 18.0 Å². The Morgan fingerprint density at radius 2 is 2.05 bits per heavy atom. The highest BCUT2D eigenvalue weighted by molar-refractivity contribution is 5.76. The molecule has 0 fully saturated rings. The van der Waals surface area contributed by atoms with Crippen molar-refractivity contribution in [2.24, 2.45) is 5.41 Å². The van der Waals surface area contributed by atoms with Crippen LogP contribution >= 0.6 is 0 Å². The zero-order valence-electron chi connectivity index (χ0n) is 12.8. The molecule has 1 aliphatic heterocycles. The lowest BCUT2D eigenvalue weighted by molar-refractivity contribution is -0.148. The molecule has 0 aromatic heterocycles. The average Bonchev–Trinajstić information content (AvgIpc) is 2.44. The van der Waals surface area contributed by atoms with Crippen molar-refractivity contribution >= 4 is 11.7 Å². The number of aliphatic carboxylic acids is 1. The molecule has 0 radical (unpaired) electrons. The maximum atomic E-state index is 11.7. The lowest BCUT2D eigenvalue weighted by Gasteiger charge is -2.38. The molecule has 1 N–H and O–H groups in total. The molecule has 1 aromatic carbocycles. The zero-order chi connectivity index (χ0) is 14.8. The Kier molecular flexibility index (Phi) is 4.36. The topological polar surface area (TPSA) is 40.5 Å². The van der Waals surface area contributed by atoms with Gasteiger partial charge in [-0.25, -0.2) is 0 Å². The van der Waals surface area contributed by atoms with Crippen LogP contribution in [-0.4, -0.2) is 24.2 Å². The van der Waals surface area contributed by atoms with Gasteiger partial charge in [0.1, 0.15) is 0 Å². The summed E-state index contributed by atoms with van der Waals surface area (Å²) in [6.07, 6.45) is 3.57. The molecule has 2 rings (SSSR count). The fraction of sp³-hybridized carbons (Fsp3) is 0.588. The standard InChI is InChI=1S/C17H25NO2/c1-4-17(5-2,16(19)20)12-18-10-6-7-14-11-13(3)8-9-15(14)18/h8-9,11H,4-7,10,12H2,1-3H3,(H,19,20). The van der Waals surface area contributed by atoms with Gasteiger partial charge in [-0.2, -0.15) is 0 Å². The number of hydrogen-bond donors (Lipinski definition) is 1. The van der Waals surface area contributed by atoms with Crippen molar-refractivity contribution in [3.05, 3.63) is 29.3 Å². The summed E-state index contributed by atoms with van der Waals surface area (Å²) < 4.78 is 0. The van der Waals surface area contributed by atoms with E-state index < -0.39 is 11.4 Å². The second-order valence-corrected chi connectivity index (χ2v) is 5.95. The largest absolute Gasteiger partial charge is 0.481 e. The molecule has 20 heavy (non-hydrogen) atoms. The van der Waals surface area contributed by atoms with E-state index in [1.54, 1.807) is 0 Å². The van der Waals surface area contributed by atoms with Gasteiger partial charge in [0, 0.05) is 18.8 Å². The Labute approximate surface area is 121 Å². The summed E-state index contributed by atoms with van der Waals surface area (Å²) in [6, 6.07) is 6.51. The molecule has 0 saturated carbocycles. The van der Waals surface area contributed by atoms with Crippen molar-refractivity contribution in [2.45, 2.75) is 46.5 Å². The molecule has 0 bridgehead atoms. The highest BCUT2D eigenvalue weighted by atomic mass is 16.4. The molecule has 110 valence electrons. The number of fused-ring (bicyclic) bond motifs is 1. The monoisotopic (exact) mass is 275 g/mol. The van der Waals surface area contributed by atoms with Gasteiger partial charge < -0.3 is 10.0 Å².